The van der Waals surface area contributed by atoms with Gasteiger partial charge < -0.3 is 15.3 Å². The van der Waals surface area contributed by atoms with E-state index in [4.69, 9.17) is 10.5 Å². The van der Waals surface area contributed by atoms with Crippen molar-refractivity contribution >= 4 is 11.6 Å². The highest BCUT2D eigenvalue weighted by Gasteiger charge is 2.46. The molecule has 0 aromatic heterocycles. The summed E-state index contributed by atoms with van der Waals surface area (Å²) in [5.74, 6) is -3.65. The van der Waals surface area contributed by atoms with Crippen LogP contribution in [-0.2, 0) is 15.6 Å². The van der Waals surface area contributed by atoms with E-state index in [2.05, 4.69) is 15.3 Å². The number of amides is 1. The fourth-order valence-corrected chi connectivity index (χ4v) is 2.96. The molecule has 0 saturated heterocycles. The topological polar surface area (TPSA) is 85.9 Å². The third kappa shape index (κ3) is 6.65. The summed E-state index contributed by atoms with van der Waals surface area (Å²) in [7, 11) is 1.17. The van der Waals surface area contributed by atoms with E-state index < -0.39 is 23.9 Å². The lowest BCUT2D eigenvalue weighted by Crippen LogP contribution is -2.48. The van der Waals surface area contributed by atoms with Gasteiger partial charge in [-0.05, 0) is 49.2 Å². The van der Waals surface area contributed by atoms with E-state index in [9.17, 15) is 4.79 Å². The van der Waals surface area contributed by atoms with Gasteiger partial charge in [-0.3, -0.25) is 4.79 Å². The molecule has 1 unspecified atom stereocenters. The second-order valence-electron chi connectivity index (χ2n) is 7.02. The Bertz CT molecular complexity index is 858. The first-order valence-electron chi connectivity index (χ1n) is 10.2. The molecule has 2 aromatic rings. The first kappa shape index (κ1) is 24.6. The molecule has 3 N–H and O–H groups in total. The zero-order valence-corrected chi connectivity index (χ0v) is 18.0. The van der Waals surface area contributed by atoms with Crippen molar-refractivity contribution < 1.29 is 23.1 Å². The number of nitrogens with two attached hydrogens (primary N) is 1. The van der Waals surface area contributed by atoms with Gasteiger partial charge in [0.05, 0.1) is 7.11 Å². The molecule has 0 spiro atoms. The number of rotatable bonds is 11. The highest BCUT2D eigenvalue weighted by Crippen LogP contribution is 2.34. The number of aliphatic imine (C=N–C) groups is 1. The Morgan fingerprint density at radius 3 is 2.26 bits per heavy atom. The van der Waals surface area contributed by atoms with E-state index in [1.54, 1.807) is 12.1 Å². The van der Waals surface area contributed by atoms with Crippen LogP contribution < -0.4 is 16.0 Å². The highest BCUT2D eigenvalue weighted by atomic mass is 19.3. The lowest BCUT2D eigenvalue weighted by molar-refractivity contribution is -0.142. The molecular formula is C23H29F2N3O3. The van der Waals surface area contributed by atoms with Crippen molar-refractivity contribution in [1.29, 1.82) is 0 Å². The highest BCUT2D eigenvalue weighted by molar-refractivity contribution is 6.00. The van der Waals surface area contributed by atoms with E-state index in [1.165, 1.54) is 31.4 Å². The number of halogens is 2. The van der Waals surface area contributed by atoms with Crippen molar-refractivity contribution in [1.82, 2.24) is 5.48 Å². The average molecular weight is 433 g/mol. The maximum atomic E-state index is 15.2. The van der Waals surface area contributed by atoms with Gasteiger partial charge in [-0.2, -0.15) is 14.3 Å². The van der Waals surface area contributed by atoms with Crippen LogP contribution in [0.25, 0.3) is 0 Å². The molecule has 31 heavy (non-hydrogen) atoms. The van der Waals surface area contributed by atoms with Crippen LogP contribution in [0.3, 0.4) is 0 Å². The van der Waals surface area contributed by atoms with Crippen LogP contribution in [-0.4, -0.2) is 30.8 Å². The first-order chi connectivity index (χ1) is 14.8. The molecule has 0 aliphatic heterocycles. The minimum Gasteiger partial charge on any atom is -0.457 e. The molecule has 0 saturated carbocycles. The van der Waals surface area contributed by atoms with Gasteiger partial charge in [0, 0.05) is 17.3 Å². The third-order valence-electron chi connectivity index (χ3n) is 4.69. The molecule has 2 aromatic carbocycles. The molecule has 0 fully saturated rings. The van der Waals surface area contributed by atoms with E-state index in [-0.39, 0.29) is 5.56 Å². The van der Waals surface area contributed by atoms with E-state index >= 15 is 8.78 Å². The van der Waals surface area contributed by atoms with Crippen LogP contribution in [0.15, 0.2) is 59.6 Å². The van der Waals surface area contributed by atoms with Crippen LogP contribution in [0.1, 0.15) is 38.7 Å². The Morgan fingerprint density at radius 2 is 1.71 bits per heavy atom. The normalized spacial score (nSPS) is 14.2. The molecule has 0 heterocycles. The Morgan fingerprint density at radius 1 is 1.10 bits per heavy atom. The number of carbonyl (C=O) groups is 1. The number of nitrogens with zero attached hydrogens (tertiary/aromatic N) is 1. The summed E-state index contributed by atoms with van der Waals surface area (Å²) in [4.78, 5) is 21.3. The summed E-state index contributed by atoms with van der Waals surface area (Å²) in [6, 6.07) is 11.8. The summed E-state index contributed by atoms with van der Waals surface area (Å²) in [5, 5.41) is 0. The molecular weight excluding hydrogens is 404 g/mol. The Balaban J connectivity index is 2.26. The molecule has 8 heteroatoms. The third-order valence-corrected chi connectivity index (χ3v) is 4.69. The number of carbonyl (C=O) groups excluding carboxylic acids is 1. The van der Waals surface area contributed by atoms with E-state index in [0.717, 1.165) is 0 Å². The Kier molecular flexibility index (Phi) is 9.23. The van der Waals surface area contributed by atoms with Crippen LogP contribution >= 0.6 is 0 Å². The van der Waals surface area contributed by atoms with E-state index in [0.29, 0.717) is 36.5 Å². The Hall–Kier alpha value is -2.68. The van der Waals surface area contributed by atoms with Crippen molar-refractivity contribution in [2.75, 3.05) is 7.11 Å². The van der Waals surface area contributed by atoms with Gasteiger partial charge in [-0.1, -0.05) is 38.5 Å². The summed E-state index contributed by atoms with van der Waals surface area (Å²) in [5.41, 5.74) is 8.12. The summed E-state index contributed by atoms with van der Waals surface area (Å²) in [6.45, 7) is 3.75. The Labute approximate surface area is 181 Å². The molecule has 2 atom stereocenters. The van der Waals surface area contributed by atoms with Crippen LogP contribution in [0, 0.1) is 0 Å². The van der Waals surface area contributed by atoms with Crippen LogP contribution in [0.2, 0.25) is 0 Å². The molecule has 0 radical (unpaired) electrons. The molecule has 0 aliphatic carbocycles. The molecule has 2 rings (SSSR count). The average Bonchev–Trinajstić information content (AvgIpc) is 2.77. The summed E-state index contributed by atoms with van der Waals surface area (Å²) >= 11 is 0. The summed E-state index contributed by atoms with van der Waals surface area (Å²) in [6.07, 6.45) is 1.70. The van der Waals surface area contributed by atoms with Crippen molar-refractivity contribution in [3.05, 3.63) is 60.2 Å². The minimum atomic E-state index is -3.59. The predicted molar refractivity (Wildman–Crippen MR) is 116 cm³/mol. The van der Waals surface area contributed by atoms with Crippen molar-refractivity contribution in [3.8, 4) is 11.5 Å². The maximum Gasteiger partial charge on any atom is 0.299 e. The van der Waals surface area contributed by atoms with Crippen molar-refractivity contribution in [3.63, 3.8) is 0 Å². The van der Waals surface area contributed by atoms with Crippen LogP contribution in [0.4, 0.5) is 8.78 Å². The van der Waals surface area contributed by atoms with Gasteiger partial charge in [0.2, 0.25) is 0 Å². The van der Waals surface area contributed by atoms with Crippen molar-refractivity contribution in [2.45, 2.75) is 51.1 Å². The number of ether oxygens (including phenoxy) is 1. The quantitative estimate of drug-likeness (QED) is 0.400. The minimum absolute atomic E-state index is 0.372. The first-order valence-corrected chi connectivity index (χ1v) is 10.2. The number of hydrogen-bond acceptors (Lipinski definition) is 5. The van der Waals surface area contributed by atoms with Gasteiger partial charge >= 0.3 is 0 Å². The molecule has 0 aliphatic rings. The van der Waals surface area contributed by atoms with Gasteiger partial charge in [0.15, 0.2) is 6.04 Å². The van der Waals surface area contributed by atoms with Gasteiger partial charge in [-0.25, -0.2) is 4.99 Å². The van der Waals surface area contributed by atoms with Gasteiger partial charge in [0.1, 0.15) is 11.5 Å². The number of hydroxylamine groups is 1. The monoisotopic (exact) mass is 433 g/mol. The molecule has 0 bridgehead atoms. The number of alkyl halides is 2. The second-order valence-corrected chi connectivity index (χ2v) is 7.02. The number of nitrogens with one attached hydrogen (secondary N) is 1. The summed E-state index contributed by atoms with van der Waals surface area (Å²) < 4.78 is 36.1. The van der Waals surface area contributed by atoms with Crippen LogP contribution in [0.5, 0.6) is 11.5 Å². The predicted octanol–water partition coefficient (Wildman–Crippen LogP) is 4.60. The SMILES string of the molecule is CCCC(=NC(=O)[C@@H](NOC)C(F)(F)c1ccc(Oc2ccccc2)cc1)C(N)CC. The fraction of sp³-hybridized carbons (Fsp3) is 0.391. The zero-order valence-electron chi connectivity index (χ0n) is 18.0. The molecule has 1 amide bonds. The largest absolute Gasteiger partial charge is 0.457 e. The molecule has 168 valence electrons. The second kappa shape index (κ2) is 11.6. The standard InChI is InChI=1S/C23H29F2N3O3/c1-4-9-20(19(26)5-2)27-22(29)21(28-30-3)23(24,25)16-12-14-18(15-13-16)31-17-10-7-6-8-11-17/h6-8,10-15,19,21,28H,4-5,9,26H2,1-3H3/t19?,21-/m1/s1. The number of para-hydroxylation sites is 1. The fourth-order valence-electron chi connectivity index (χ4n) is 2.96. The van der Waals surface area contributed by atoms with E-state index in [1.807, 2.05) is 32.0 Å². The van der Waals surface area contributed by atoms with Gasteiger partial charge in [-0.15, -0.1) is 0 Å². The smallest absolute Gasteiger partial charge is 0.299 e. The van der Waals surface area contributed by atoms with Gasteiger partial charge in [0.25, 0.3) is 11.8 Å². The number of benzene rings is 2. The number of hydrogen-bond donors (Lipinski definition) is 2. The lowest BCUT2D eigenvalue weighted by Gasteiger charge is -2.25. The maximum absolute atomic E-state index is 15.2. The van der Waals surface area contributed by atoms with Crippen molar-refractivity contribution in [2.24, 2.45) is 10.7 Å². The zero-order chi connectivity index (χ0) is 22.9. The lowest BCUT2D eigenvalue weighted by atomic mass is 10.00. The molecule has 6 nitrogen and oxygen atoms in total.